The fourth-order valence-electron chi connectivity index (χ4n) is 0.854. The van der Waals surface area contributed by atoms with Crippen LogP contribution in [-0.4, -0.2) is 19.8 Å². The molecule has 1 aromatic rings. The highest BCUT2D eigenvalue weighted by atomic mass is 32.2. The lowest BCUT2D eigenvalue weighted by Gasteiger charge is -1.97. The number of sulfone groups is 1. The number of hydrogen-bond acceptors (Lipinski definition) is 2. The van der Waals surface area contributed by atoms with E-state index in [2.05, 4.69) is 0 Å². The van der Waals surface area contributed by atoms with E-state index in [1.165, 1.54) is 18.4 Å². The first kappa shape index (κ1) is 9.22. The molecule has 0 aromatic heterocycles. The van der Waals surface area contributed by atoms with E-state index >= 15 is 0 Å². The van der Waals surface area contributed by atoms with Gasteiger partial charge < -0.3 is 5.11 Å². The van der Waals surface area contributed by atoms with E-state index in [4.69, 9.17) is 5.11 Å². The van der Waals surface area contributed by atoms with Gasteiger partial charge in [0.15, 0.2) is 16.4 Å². The van der Waals surface area contributed by atoms with Crippen molar-refractivity contribution in [3.63, 3.8) is 0 Å². The molecule has 0 atom stereocenters. The lowest BCUT2D eigenvalue weighted by atomic mass is 10.2. The highest BCUT2D eigenvalue weighted by molar-refractivity contribution is 7.90. The van der Waals surface area contributed by atoms with Crippen LogP contribution in [0.25, 0.3) is 0 Å². The number of hydrogen-bond donors (Lipinski definition) is 0. The maximum atomic E-state index is 11.0. The summed E-state index contributed by atoms with van der Waals surface area (Å²) in [5.74, 6) is 0. The van der Waals surface area contributed by atoms with Crippen LogP contribution >= 0.6 is 0 Å². The number of rotatable bonds is 2. The van der Waals surface area contributed by atoms with Crippen LogP contribution in [0.1, 0.15) is 5.56 Å². The molecule has 0 fully saturated rings. The third-order valence-corrected chi connectivity index (χ3v) is 2.68. The molecule has 0 radical (unpaired) electrons. The molecule has 0 aliphatic heterocycles. The number of benzene rings is 1. The Bertz CT molecular complexity index is 350. The highest BCUT2D eigenvalue weighted by Gasteiger charge is 2.05. The van der Waals surface area contributed by atoms with Gasteiger partial charge in [0, 0.05) is 11.8 Å². The quantitative estimate of drug-likeness (QED) is 0.626. The monoisotopic (exact) mass is 187 g/mol. The molecule has 0 aliphatic carbocycles. The Hall–Kier alpha value is -0.870. The summed E-state index contributed by atoms with van der Waals surface area (Å²) in [6.07, 6.45) is 1.17. The molecule has 3 nitrogen and oxygen atoms in total. The minimum Gasteiger partial charge on any atom is -0.442 e. The van der Waals surface area contributed by atoms with Crippen LogP contribution < -0.4 is 0 Å². The molecule has 0 spiro atoms. The minimum absolute atomic E-state index is 0.185. The zero-order valence-corrected chi connectivity index (χ0v) is 7.56. The van der Waals surface area contributed by atoms with Crippen LogP contribution in [0.2, 0.25) is 0 Å². The topological polar surface area (TPSA) is 57.0 Å². The van der Waals surface area contributed by atoms with E-state index in [1.807, 2.05) is 0 Å². The van der Waals surface area contributed by atoms with Crippen molar-refractivity contribution in [2.45, 2.75) is 11.5 Å². The van der Waals surface area contributed by atoms with Crippen LogP contribution in [0.4, 0.5) is 0 Å². The Morgan fingerprint density at radius 1 is 1.25 bits per heavy atom. The largest absolute Gasteiger partial charge is 0.442 e. The second-order valence-electron chi connectivity index (χ2n) is 2.59. The predicted molar refractivity (Wildman–Crippen MR) is 46.9 cm³/mol. The van der Waals surface area contributed by atoms with Crippen LogP contribution in [0.3, 0.4) is 0 Å². The second kappa shape index (κ2) is 3.25. The van der Waals surface area contributed by atoms with Crippen molar-refractivity contribution in [2.24, 2.45) is 0 Å². The zero-order valence-electron chi connectivity index (χ0n) is 6.74. The third-order valence-electron chi connectivity index (χ3n) is 1.56. The maximum absolute atomic E-state index is 11.0. The Kier molecular flexibility index (Phi) is 2.49. The van der Waals surface area contributed by atoms with Crippen molar-refractivity contribution in [3.8, 4) is 0 Å². The van der Waals surface area contributed by atoms with Gasteiger partial charge in [-0.2, -0.15) is 0 Å². The van der Waals surface area contributed by atoms with E-state index in [-0.39, 0.29) is 6.61 Å². The molecule has 0 unspecified atom stereocenters. The van der Waals surface area contributed by atoms with E-state index in [9.17, 15) is 8.42 Å². The van der Waals surface area contributed by atoms with Crippen molar-refractivity contribution in [2.75, 3.05) is 6.26 Å². The SMILES string of the molecule is CS(=O)(=O)c1ccc(C[OH2+])cc1. The van der Waals surface area contributed by atoms with Gasteiger partial charge in [-0.05, 0) is 12.1 Å². The van der Waals surface area contributed by atoms with E-state index in [0.29, 0.717) is 4.90 Å². The molecule has 0 aliphatic rings. The van der Waals surface area contributed by atoms with Gasteiger partial charge in [-0.1, -0.05) is 12.1 Å². The first-order valence-electron chi connectivity index (χ1n) is 3.47. The molecular weight excluding hydrogens is 176 g/mol. The molecule has 66 valence electrons. The summed E-state index contributed by atoms with van der Waals surface area (Å²) < 4.78 is 22.0. The van der Waals surface area contributed by atoms with Crippen molar-refractivity contribution in [3.05, 3.63) is 29.8 Å². The fraction of sp³-hybridized carbons (Fsp3) is 0.250. The molecule has 0 saturated heterocycles. The molecule has 0 amide bonds. The summed E-state index contributed by atoms with van der Waals surface area (Å²) >= 11 is 0. The van der Waals surface area contributed by atoms with Crippen molar-refractivity contribution >= 4 is 9.84 Å². The van der Waals surface area contributed by atoms with Crippen LogP contribution in [0.15, 0.2) is 29.2 Å². The summed E-state index contributed by atoms with van der Waals surface area (Å²) in [7, 11) is -3.09. The lowest BCUT2D eigenvalue weighted by molar-refractivity contribution is 0.282. The maximum Gasteiger partial charge on any atom is 0.175 e. The van der Waals surface area contributed by atoms with Gasteiger partial charge in [0.05, 0.1) is 4.90 Å². The first-order valence-corrected chi connectivity index (χ1v) is 5.37. The molecule has 2 N–H and O–H groups in total. The van der Waals surface area contributed by atoms with Crippen LogP contribution in [0.5, 0.6) is 0 Å². The first-order chi connectivity index (χ1) is 5.54. The highest BCUT2D eigenvalue weighted by Crippen LogP contribution is 2.09. The Morgan fingerprint density at radius 2 is 1.75 bits per heavy atom. The molecule has 0 bridgehead atoms. The van der Waals surface area contributed by atoms with Gasteiger partial charge in [-0.15, -0.1) is 0 Å². The van der Waals surface area contributed by atoms with E-state index < -0.39 is 9.84 Å². The Labute approximate surface area is 71.6 Å². The van der Waals surface area contributed by atoms with E-state index in [1.54, 1.807) is 12.1 Å². The molecule has 0 saturated carbocycles. The molecule has 0 heterocycles. The smallest absolute Gasteiger partial charge is 0.175 e. The predicted octanol–water partition coefficient (Wildman–Crippen LogP) is 0.315. The lowest BCUT2D eigenvalue weighted by Crippen LogP contribution is -1.96. The average Bonchev–Trinajstić information content (AvgIpc) is 2.03. The summed E-state index contributed by atoms with van der Waals surface area (Å²) in [4.78, 5) is 0.305. The minimum atomic E-state index is -3.09. The molecule has 1 rings (SSSR count). The average molecular weight is 187 g/mol. The third kappa shape index (κ3) is 2.06. The normalized spacial score (nSPS) is 11.5. The van der Waals surface area contributed by atoms with E-state index in [0.717, 1.165) is 5.56 Å². The second-order valence-corrected chi connectivity index (χ2v) is 4.61. The van der Waals surface area contributed by atoms with Gasteiger partial charge in [0.25, 0.3) is 0 Å². The summed E-state index contributed by atoms with van der Waals surface area (Å²) in [5.41, 5.74) is 0.822. The van der Waals surface area contributed by atoms with Crippen molar-refractivity contribution in [1.29, 1.82) is 0 Å². The van der Waals surface area contributed by atoms with Gasteiger partial charge in [0.1, 0.15) is 0 Å². The Morgan fingerprint density at radius 3 is 2.08 bits per heavy atom. The van der Waals surface area contributed by atoms with Crippen LogP contribution in [0, 0.1) is 0 Å². The van der Waals surface area contributed by atoms with Gasteiger partial charge in [0.2, 0.25) is 0 Å². The van der Waals surface area contributed by atoms with Crippen molar-refractivity contribution < 1.29 is 13.5 Å². The van der Waals surface area contributed by atoms with Gasteiger partial charge >= 0.3 is 0 Å². The van der Waals surface area contributed by atoms with Crippen molar-refractivity contribution in [1.82, 2.24) is 0 Å². The molecule has 4 heteroatoms. The summed E-state index contributed by atoms with van der Waals surface area (Å²) in [6.45, 7) is 0.185. The molecule has 1 aromatic carbocycles. The Balaban J connectivity index is 3.09. The van der Waals surface area contributed by atoms with Gasteiger partial charge in [-0.25, -0.2) is 8.42 Å². The molecule has 12 heavy (non-hydrogen) atoms. The summed E-state index contributed by atoms with van der Waals surface area (Å²) in [6, 6.07) is 6.37. The fourth-order valence-corrected chi connectivity index (χ4v) is 1.48. The van der Waals surface area contributed by atoms with Crippen LogP contribution in [-0.2, 0) is 16.4 Å². The summed E-state index contributed by atoms with van der Waals surface area (Å²) in [5, 5.41) is 7.02. The van der Waals surface area contributed by atoms with Gasteiger partial charge in [-0.3, -0.25) is 0 Å². The zero-order chi connectivity index (χ0) is 9.19. The molecular formula is C8H11O3S+. The standard InChI is InChI=1S/C8H10O3S/c1-12(10,11)8-4-2-7(6-9)3-5-8/h2-5,9H,6H2,1H3/p+1.